The lowest BCUT2D eigenvalue weighted by Crippen LogP contribution is -2.16. The number of benzene rings is 7. The van der Waals surface area contributed by atoms with Gasteiger partial charge in [-0.25, -0.2) is 4.39 Å². The molecule has 0 heterocycles. The van der Waals surface area contributed by atoms with E-state index in [-0.39, 0.29) is 5.82 Å². The molecule has 0 fully saturated rings. The third kappa shape index (κ3) is 6.13. The van der Waals surface area contributed by atoms with Crippen LogP contribution in [0.25, 0.3) is 44.5 Å². The minimum atomic E-state index is 0.109. The van der Waals surface area contributed by atoms with Gasteiger partial charge in [0.2, 0.25) is 0 Å². The van der Waals surface area contributed by atoms with Crippen molar-refractivity contribution in [3.63, 3.8) is 0 Å². The number of fused-ring (bicyclic) bond motifs is 2. The van der Waals surface area contributed by atoms with Crippen molar-refractivity contribution in [2.45, 2.75) is 51.4 Å². The fourth-order valence-electron chi connectivity index (χ4n) is 8.51. The second-order valence-corrected chi connectivity index (χ2v) is 14.3. The van der Waals surface area contributed by atoms with Gasteiger partial charge in [-0.1, -0.05) is 121 Å². The molecule has 0 radical (unpaired) electrons. The summed E-state index contributed by atoms with van der Waals surface area (Å²) in [7, 11) is 0. The highest BCUT2D eigenvalue weighted by Gasteiger charge is 2.27. The van der Waals surface area contributed by atoms with E-state index in [4.69, 9.17) is 0 Å². The molecular formula is C50H42FN. The SMILES string of the molecule is Fc1c2c(c(-c3ccc(-c4ccc(N(c5ccc(-c6ccccc6)cc5)c5ccc(-c6ccccc6)cc5)cc4)cc3)c3c1CCCC3)CCCC2. The molecule has 1 nitrogen and oxygen atoms in total. The van der Waals surface area contributed by atoms with Gasteiger partial charge < -0.3 is 4.90 Å². The topological polar surface area (TPSA) is 3.24 Å². The van der Waals surface area contributed by atoms with Gasteiger partial charge in [0, 0.05) is 17.1 Å². The van der Waals surface area contributed by atoms with Crippen molar-refractivity contribution < 1.29 is 4.39 Å². The summed E-state index contributed by atoms with van der Waals surface area (Å²) in [4.78, 5) is 2.33. The van der Waals surface area contributed by atoms with Gasteiger partial charge in [-0.15, -0.1) is 0 Å². The Kier molecular flexibility index (Phi) is 8.74. The minimum Gasteiger partial charge on any atom is -0.311 e. The molecule has 0 spiro atoms. The van der Waals surface area contributed by atoms with Gasteiger partial charge in [0.15, 0.2) is 0 Å². The van der Waals surface area contributed by atoms with Crippen molar-refractivity contribution in [3.05, 3.63) is 186 Å². The van der Waals surface area contributed by atoms with Crippen LogP contribution in [-0.2, 0) is 25.7 Å². The van der Waals surface area contributed by atoms with E-state index in [1.54, 1.807) is 0 Å². The number of nitrogens with zero attached hydrogens (tertiary/aromatic N) is 1. The van der Waals surface area contributed by atoms with Crippen LogP contribution in [0.3, 0.4) is 0 Å². The molecule has 0 N–H and O–H groups in total. The van der Waals surface area contributed by atoms with Crippen LogP contribution in [0.2, 0.25) is 0 Å². The van der Waals surface area contributed by atoms with Crippen LogP contribution in [-0.4, -0.2) is 0 Å². The Bertz CT molecular complexity index is 2190. The zero-order chi connectivity index (χ0) is 34.9. The summed E-state index contributed by atoms with van der Waals surface area (Å²) in [5.74, 6) is 0.109. The molecule has 9 rings (SSSR count). The summed E-state index contributed by atoms with van der Waals surface area (Å²) in [6, 6.07) is 56.7. The van der Waals surface area contributed by atoms with Gasteiger partial charge in [0.1, 0.15) is 5.82 Å². The molecule has 0 bridgehead atoms. The van der Waals surface area contributed by atoms with E-state index in [9.17, 15) is 0 Å². The summed E-state index contributed by atoms with van der Waals surface area (Å²) in [5.41, 5.74) is 17.6. The molecule has 7 aromatic rings. The molecular weight excluding hydrogens is 634 g/mol. The zero-order valence-electron chi connectivity index (χ0n) is 29.5. The van der Waals surface area contributed by atoms with Gasteiger partial charge in [0.25, 0.3) is 0 Å². The molecule has 0 saturated carbocycles. The van der Waals surface area contributed by atoms with E-state index < -0.39 is 0 Å². The number of anilines is 3. The summed E-state index contributed by atoms with van der Waals surface area (Å²) in [6.07, 6.45) is 8.19. The number of hydrogen-bond donors (Lipinski definition) is 0. The molecule has 2 aliphatic rings. The van der Waals surface area contributed by atoms with E-state index in [1.807, 2.05) is 0 Å². The Morgan fingerprint density at radius 3 is 0.962 bits per heavy atom. The Morgan fingerprint density at radius 2 is 0.596 bits per heavy atom. The number of rotatable bonds is 7. The largest absolute Gasteiger partial charge is 0.311 e. The average Bonchev–Trinajstić information content (AvgIpc) is 3.23. The molecule has 0 unspecified atom stereocenters. The van der Waals surface area contributed by atoms with E-state index in [1.165, 1.54) is 55.6 Å². The first-order valence-electron chi connectivity index (χ1n) is 18.9. The summed E-state index contributed by atoms with van der Waals surface area (Å²) < 4.78 is 15.7. The van der Waals surface area contributed by atoms with Crippen LogP contribution in [0.1, 0.15) is 47.9 Å². The molecule has 0 atom stereocenters. The predicted octanol–water partition coefficient (Wildman–Crippen LogP) is 13.7. The maximum atomic E-state index is 15.7. The molecule has 0 amide bonds. The number of hydrogen-bond acceptors (Lipinski definition) is 1. The lowest BCUT2D eigenvalue weighted by atomic mass is 9.76. The molecule has 254 valence electrons. The van der Waals surface area contributed by atoms with E-state index in [0.717, 1.165) is 79.6 Å². The normalized spacial score (nSPS) is 13.6. The highest BCUT2D eigenvalue weighted by molar-refractivity contribution is 5.82. The first-order valence-corrected chi connectivity index (χ1v) is 18.9. The summed E-state index contributed by atoms with van der Waals surface area (Å²) >= 11 is 0. The third-order valence-electron chi connectivity index (χ3n) is 11.2. The van der Waals surface area contributed by atoms with Crippen molar-refractivity contribution >= 4 is 17.1 Å². The predicted molar refractivity (Wildman–Crippen MR) is 216 cm³/mol. The van der Waals surface area contributed by atoms with Gasteiger partial charge >= 0.3 is 0 Å². The van der Waals surface area contributed by atoms with Gasteiger partial charge in [-0.05, 0) is 155 Å². The molecule has 0 aliphatic heterocycles. The molecule has 52 heavy (non-hydrogen) atoms. The maximum Gasteiger partial charge on any atom is 0.130 e. The van der Waals surface area contributed by atoms with Crippen LogP contribution in [0.5, 0.6) is 0 Å². The Balaban J connectivity index is 1.04. The Labute approximate surface area is 307 Å². The van der Waals surface area contributed by atoms with Crippen molar-refractivity contribution in [3.8, 4) is 44.5 Å². The van der Waals surface area contributed by atoms with Gasteiger partial charge in [-0.2, -0.15) is 0 Å². The van der Waals surface area contributed by atoms with Crippen molar-refractivity contribution in [2.24, 2.45) is 0 Å². The Morgan fingerprint density at radius 1 is 0.308 bits per heavy atom. The fraction of sp³-hybridized carbons (Fsp3) is 0.160. The average molecular weight is 676 g/mol. The summed E-state index contributed by atoms with van der Waals surface area (Å²) in [6.45, 7) is 0. The molecule has 0 saturated heterocycles. The first-order chi connectivity index (χ1) is 25.7. The second kappa shape index (κ2) is 14.1. The summed E-state index contributed by atoms with van der Waals surface area (Å²) in [5, 5.41) is 0. The number of halogens is 1. The van der Waals surface area contributed by atoms with Crippen LogP contribution in [0.15, 0.2) is 158 Å². The van der Waals surface area contributed by atoms with Crippen LogP contribution < -0.4 is 4.90 Å². The highest BCUT2D eigenvalue weighted by atomic mass is 19.1. The van der Waals surface area contributed by atoms with Crippen molar-refractivity contribution in [1.29, 1.82) is 0 Å². The van der Waals surface area contributed by atoms with E-state index in [0.29, 0.717) is 0 Å². The fourth-order valence-corrected chi connectivity index (χ4v) is 8.51. The molecule has 7 aromatic carbocycles. The van der Waals surface area contributed by atoms with E-state index in [2.05, 4.69) is 163 Å². The smallest absolute Gasteiger partial charge is 0.130 e. The Hall–Kier alpha value is -5.73. The zero-order valence-corrected chi connectivity index (χ0v) is 29.5. The minimum absolute atomic E-state index is 0.109. The molecule has 2 aliphatic carbocycles. The van der Waals surface area contributed by atoms with E-state index >= 15 is 4.39 Å². The van der Waals surface area contributed by atoms with Gasteiger partial charge in [0.05, 0.1) is 0 Å². The lowest BCUT2D eigenvalue weighted by molar-refractivity contribution is 0.545. The maximum absolute atomic E-state index is 15.7. The molecule has 2 heteroatoms. The molecule has 0 aromatic heterocycles. The third-order valence-corrected chi connectivity index (χ3v) is 11.2. The van der Waals surface area contributed by atoms with Crippen molar-refractivity contribution in [2.75, 3.05) is 4.90 Å². The van der Waals surface area contributed by atoms with Gasteiger partial charge in [-0.3, -0.25) is 0 Å². The lowest BCUT2D eigenvalue weighted by Gasteiger charge is -2.29. The van der Waals surface area contributed by atoms with Crippen molar-refractivity contribution in [1.82, 2.24) is 0 Å². The quantitative estimate of drug-likeness (QED) is 0.163. The first kappa shape index (κ1) is 32.2. The highest BCUT2D eigenvalue weighted by Crippen LogP contribution is 2.43. The second-order valence-electron chi connectivity index (χ2n) is 14.3. The monoisotopic (exact) mass is 675 g/mol. The van der Waals surface area contributed by atoms with Crippen LogP contribution in [0, 0.1) is 5.82 Å². The standard InChI is InChI=1S/C50H42FN/c51-50-47-17-9-7-15-45(47)49(46-16-8-10-18-48(46)50)41-21-19-37(20-22-41)40-27-33-44(34-28-40)52(42-29-23-38(24-30-42)35-11-3-1-4-12-35)43-31-25-39(26-32-43)36-13-5-2-6-14-36/h1-6,11-14,19-34H,7-10,15-18H2. The van der Waals surface area contributed by atoms with Crippen LogP contribution in [0.4, 0.5) is 21.5 Å². The van der Waals surface area contributed by atoms with Crippen LogP contribution >= 0.6 is 0 Å².